The molecular formula is C26H26ClFN6S. The average molecular weight is 509 g/mol. The van der Waals surface area contributed by atoms with E-state index in [4.69, 9.17) is 11.6 Å². The summed E-state index contributed by atoms with van der Waals surface area (Å²) in [7, 11) is 4.07. The maximum Gasteiger partial charge on any atom is 0.207 e. The second kappa shape index (κ2) is 11.3. The molecule has 0 radical (unpaired) electrons. The van der Waals surface area contributed by atoms with E-state index in [0.29, 0.717) is 23.2 Å². The van der Waals surface area contributed by atoms with Crippen molar-refractivity contribution in [2.24, 2.45) is 0 Å². The minimum Gasteiger partial charge on any atom is -0.378 e. The molecule has 0 aliphatic heterocycles. The quantitative estimate of drug-likeness (QED) is 0.275. The predicted octanol–water partition coefficient (Wildman–Crippen LogP) is 6.60. The molecule has 0 saturated carbocycles. The Kier molecular flexibility index (Phi) is 7.94. The maximum atomic E-state index is 13.4. The molecule has 180 valence electrons. The van der Waals surface area contributed by atoms with Gasteiger partial charge in [-0.05, 0) is 54.4 Å². The molecule has 0 saturated heterocycles. The standard InChI is InChI=1S/C26H26ClFN6S/c1-18(13-25-31-26(35-32-25)30-21-8-11-24(28)23(27)14-21)34(17-20-5-4-12-29-15-20)16-19-6-9-22(10-7-19)33(2)3/h4-15H,16-17H2,1-3H3,(H,30,31,32)/b18-13-. The Hall–Kier alpha value is -3.49. The first-order valence-electron chi connectivity index (χ1n) is 11.0. The van der Waals surface area contributed by atoms with Gasteiger partial charge < -0.3 is 15.1 Å². The zero-order valence-electron chi connectivity index (χ0n) is 19.7. The number of hydrogen-bond donors (Lipinski definition) is 1. The van der Waals surface area contributed by atoms with Crippen LogP contribution in [-0.4, -0.2) is 33.3 Å². The monoisotopic (exact) mass is 508 g/mol. The van der Waals surface area contributed by atoms with Crippen LogP contribution in [0, 0.1) is 5.82 Å². The van der Waals surface area contributed by atoms with E-state index in [1.54, 1.807) is 12.3 Å². The van der Waals surface area contributed by atoms with E-state index in [-0.39, 0.29) is 5.02 Å². The van der Waals surface area contributed by atoms with Crippen LogP contribution in [0.3, 0.4) is 0 Å². The Bertz CT molecular complexity index is 1290. The zero-order valence-corrected chi connectivity index (χ0v) is 21.3. The number of benzene rings is 2. The van der Waals surface area contributed by atoms with Crippen LogP contribution < -0.4 is 10.2 Å². The number of hydrogen-bond acceptors (Lipinski definition) is 7. The number of pyridine rings is 1. The summed E-state index contributed by atoms with van der Waals surface area (Å²) in [6.45, 7) is 3.49. The van der Waals surface area contributed by atoms with Gasteiger partial charge >= 0.3 is 0 Å². The van der Waals surface area contributed by atoms with Crippen LogP contribution in [0.4, 0.5) is 20.9 Å². The molecule has 2 heterocycles. The van der Waals surface area contributed by atoms with Crippen LogP contribution in [0.5, 0.6) is 0 Å². The highest BCUT2D eigenvalue weighted by Crippen LogP contribution is 2.25. The van der Waals surface area contributed by atoms with Crippen LogP contribution in [0.1, 0.15) is 23.9 Å². The largest absolute Gasteiger partial charge is 0.378 e. The predicted molar refractivity (Wildman–Crippen MR) is 143 cm³/mol. The number of rotatable bonds is 9. The van der Waals surface area contributed by atoms with Crippen LogP contribution >= 0.6 is 23.1 Å². The van der Waals surface area contributed by atoms with Crippen molar-refractivity contribution in [3.8, 4) is 0 Å². The van der Waals surface area contributed by atoms with Gasteiger partial charge in [-0.15, -0.1) is 0 Å². The molecule has 2 aromatic heterocycles. The van der Waals surface area contributed by atoms with Crippen LogP contribution in [0.15, 0.2) is 72.7 Å². The van der Waals surface area contributed by atoms with Gasteiger partial charge in [-0.3, -0.25) is 4.98 Å². The van der Waals surface area contributed by atoms with Crippen molar-refractivity contribution >= 4 is 45.7 Å². The van der Waals surface area contributed by atoms with E-state index in [1.165, 1.54) is 29.2 Å². The second-order valence-corrected chi connectivity index (χ2v) is 9.43. The molecule has 0 atom stereocenters. The molecule has 0 fully saturated rings. The van der Waals surface area contributed by atoms with Gasteiger partial charge in [0, 0.05) is 74.3 Å². The molecule has 4 aromatic rings. The lowest BCUT2D eigenvalue weighted by Gasteiger charge is -2.26. The van der Waals surface area contributed by atoms with Gasteiger partial charge in [-0.1, -0.05) is 29.8 Å². The van der Waals surface area contributed by atoms with Gasteiger partial charge in [-0.25, -0.2) is 4.39 Å². The summed E-state index contributed by atoms with van der Waals surface area (Å²) in [5, 5.41) is 3.78. The van der Waals surface area contributed by atoms with Gasteiger partial charge in [0.2, 0.25) is 5.13 Å². The Morgan fingerprint density at radius 2 is 1.86 bits per heavy atom. The summed E-state index contributed by atoms with van der Waals surface area (Å²) in [5.41, 5.74) is 5.16. The summed E-state index contributed by atoms with van der Waals surface area (Å²) in [5.74, 6) is 0.140. The fourth-order valence-corrected chi connectivity index (χ4v) is 4.21. The molecule has 0 spiro atoms. The molecule has 0 amide bonds. The molecule has 9 heteroatoms. The first kappa shape index (κ1) is 24.6. The average Bonchev–Trinajstić information content (AvgIpc) is 3.28. The van der Waals surface area contributed by atoms with E-state index < -0.39 is 5.82 Å². The highest BCUT2D eigenvalue weighted by atomic mass is 35.5. The fourth-order valence-electron chi connectivity index (χ4n) is 3.46. The number of nitrogens with one attached hydrogen (secondary N) is 1. The van der Waals surface area contributed by atoms with Gasteiger partial charge in [0.15, 0.2) is 5.82 Å². The van der Waals surface area contributed by atoms with Crippen LogP contribution in [0.25, 0.3) is 6.08 Å². The second-order valence-electron chi connectivity index (χ2n) is 8.28. The molecule has 1 N–H and O–H groups in total. The number of halogens is 2. The molecule has 4 rings (SSSR count). The fraction of sp³-hybridized carbons (Fsp3) is 0.192. The lowest BCUT2D eigenvalue weighted by atomic mass is 10.1. The lowest BCUT2D eigenvalue weighted by Crippen LogP contribution is -2.21. The Morgan fingerprint density at radius 1 is 1.09 bits per heavy atom. The zero-order chi connectivity index (χ0) is 24.8. The van der Waals surface area contributed by atoms with E-state index in [9.17, 15) is 4.39 Å². The van der Waals surface area contributed by atoms with E-state index in [2.05, 4.69) is 66.7 Å². The number of anilines is 3. The highest BCUT2D eigenvalue weighted by Gasteiger charge is 2.11. The minimum atomic E-state index is -0.459. The van der Waals surface area contributed by atoms with Crippen molar-refractivity contribution in [1.82, 2.24) is 19.2 Å². The van der Waals surface area contributed by atoms with Crippen LogP contribution in [0.2, 0.25) is 5.02 Å². The molecule has 35 heavy (non-hydrogen) atoms. The first-order valence-corrected chi connectivity index (χ1v) is 12.2. The maximum absolute atomic E-state index is 13.4. The molecule has 0 bridgehead atoms. The van der Waals surface area contributed by atoms with E-state index in [1.807, 2.05) is 32.4 Å². The summed E-state index contributed by atoms with van der Waals surface area (Å²) < 4.78 is 17.9. The Morgan fingerprint density at radius 3 is 2.54 bits per heavy atom. The summed E-state index contributed by atoms with van der Waals surface area (Å²) >= 11 is 7.11. The Labute approximate surface area is 213 Å². The van der Waals surface area contributed by atoms with Crippen molar-refractivity contribution in [2.75, 3.05) is 24.3 Å². The van der Waals surface area contributed by atoms with Gasteiger partial charge in [-0.2, -0.15) is 9.36 Å². The topological polar surface area (TPSA) is 57.2 Å². The molecule has 0 unspecified atom stereocenters. The van der Waals surface area contributed by atoms with Gasteiger partial charge in [0.05, 0.1) is 5.02 Å². The highest BCUT2D eigenvalue weighted by molar-refractivity contribution is 7.09. The molecule has 6 nitrogen and oxygen atoms in total. The third-order valence-corrected chi connectivity index (χ3v) is 6.31. The van der Waals surface area contributed by atoms with E-state index in [0.717, 1.165) is 23.5 Å². The molecule has 2 aromatic carbocycles. The summed E-state index contributed by atoms with van der Waals surface area (Å²) in [6.07, 6.45) is 5.62. The van der Waals surface area contributed by atoms with Crippen molar-refractivity contribution in [2.45, 2.75) is 20.0 Å². The van der Waals surface area contributed by atoms with Crippen molar-refractivity contribution < 1.29 is 4.39 Å². The Balaban J connectivity index is 1.53. The lowest BCUT2D eigenvalue weighted by molar-refractivity contribution is 0.332. The number of aromatic nitrogens is 3. The minimum absolute atomic E-state index is 0.0557. The SMILES string of the molecule is C/C(=C/c1nsc(Nc2ccc(F)c(Cl)c2)n1)N(Cc1ccc(N(C)C)cc1)Cc1cccnc1. The normalized spacial score (nSPS) is 11.4. The van der Waals surface area contributed by atoms with Crippen molar-refractivity contribution in [1.29, 1.82) is 0 Å². The van der Waals surface area contributed by atoms with E-state index >= 15 is 0 Å². The smallest absolute Gasteiger partial charge is 0.207 e. The van der Waals surface area contributed by atoms with Gasteiger partial charge in [0.1, 0.15) is 5.82 Å². The van der Waals surface area contributed by atoms with Crippen molar-refractivity contribution in [3.05, 3.63) is 100 Å². The first-order chi connectivity index (χ1) is 16.9. The summed E-state index contributed by atoms with van der Waals surface area (Å²) in [6, 6.07) is 17.0. The third kappa shape index (κ3) is 6.77. The molecule has 0 aliphatic rings. The molecule has 0 aliphatic carbocycles. The number of allylic oxidation sites excluding steroid dienone is 1. The van der Waals surface area contributed by atoms with Gasteiger partial charge in [0.25, 0.3) is 0 Å². The molecular weight excluding hydrogens is 483 g/mol. The van der Waals surface area contributed by atoms with Crippen molar-refractivity contribution in [3.63, 3.8) is 0 Å². The summed E-state index contributed by atoms with van der Waals surface area (Å²) in [4.78, 5) is 13.2. The number of nitrogens with zero attached hydrogens (tertiary/aromatic N) is 5. The third-order valence-electron chi connectivity index (χ3n) is 5.37. The van der Waals surface area contributed by atoms with Crippen LogP contribution in [-0.2, 0) is 13.1 Å².